The van der Waals surface area contributed by atoms with Crippen LogP contribution in [0.25, 0.3) is 0 Å². The molecule has 2 amide bonds. The van der Waals surface area contributed by atoms with E-state index >= 15 is 0 Å². The molecule has 1 unspecified atom stereocenters. The number of halogens is 1. The summed E-state index contributed by atoms with van der Waals surface area (Å²) in [6, 6.07) is 5.71. The van der Waals surface area contributed by atoms with Gasteiger partial charge in [-0.05, 0) is 23.3 Å². The molecule has 18 heavy (non-hydrogen) atoms. The molecule has 0 aliphatic carbocycles. The van der Waals surface area contributed by atoms with Gasteiger partial charge < -0.3 is 10.2 Å². The normalized spacial score (nSPS) is 21.9. The molecular weight excluding hydrogens is 316 g/mol. The quantitative estimate of drug-likeness (QED) is 0.860. The lowest BCUT2D eigenvalue weighted by molar-refractivity contribution is -0.133. The Morgan fingerprint density at radius 3 is 2.89 bits per heavy atom. The molecule has 0 radical (unpaired) electrons. The molecule has 6 heteroatoms. The lowest BCUT2D eigenvalue weighted by atomic mass is 10.1. The SMILES string of the molecule is O=C1NC(C(=O)N2Cc3ccc(Br)cc3C2)CS1. The van der Waals surface area contributed by atoms with E-state index in [1.165, 1.54) is 22.9 Å². The van der Waals surface area contributed by atoms with Crippen LogP contribution in [0.3, 0.4) is 0 Å². The van der Waals surface area contributed by atoms with E-state index in [2.05, 4.69) is 21.2 Å². The van der Waals surface area contributed by atoms with Gasteiger partial charge in [0, 0.05) is 23.3 Å². The molecule has 0 aromatic heterocycles. The van der Waals surface area contributed by atoms with Crippen LogP contribution in [0.5, 0.6) is 0 Å². The predicted molar refractivity (Wildman–Crippen MR) is 73.2 cm³/mol. The standard InChI is InChI=1S/C12H11BrN2O2S/c13-9-2-1-7-4-15(5-8(7)3-9)11(16)10-6-18-12(17)14-10/h1-3,10H,4-6H2,(H,14,17). The van der Waals surface area contributed by atoms with Crippen LogP contribution in [-0.4, -0.2) is 27.8 Å². The summed E-state index contributed by atoms with van der Waals surface area (Å²) < 4.78 is 1.03. The van der Waals surface area contributed by atoms with Crippen molar-refractivity contribution in [2.24, 2.45) is 0 Å². The number of fused-ring (bicyclic) bond motifs is 1. The monoisotopic (exact) mass is 326 g/mol. The first kappa shape index (κ1) is 12.0. The highest BCUT2D eigenvalue weighted by Gasteiger charge is 2.33. The molecule has 0 bridgehead atoms. The van der Waals surface area contributed by atoms with Gasteiger partial charge in [-0.15, -0.1) is 0 Å². The predicted octanol–water partition coefficient (Wildman–Crippen LogP) is 2.12. The Morgan fingerprint density at radius 1 is 1.39 bits per heavy atom. The Labute approximate surface area is 117 Å². The Balaban J connectivity index is 1.73. The fourth-order valence-corrected chi connectivity index (χ4v) is 3.43. The van der Waals surface area contributed by atoms with Crippen LogP contribution in [0.2, 0.25) is 0 Å². The highest BCUT2D eigenvalue weighted by Crippen LogP contribution is 2.27. The van der Waals surface area contributed by atoms with E-state index in [9.17, 15) is 9.59 Å². The summed E-state index contributed by atoms with van der Waals surface area (Å²) in [4.78, 5) is 25.1. The first-order valence-electron chi connectivity index (χ1n) is 5.63. The number of nitrogens with zero attached hydrogens (tertiary/aromatic N) is 1. The van der Waals surface area contributed by atoms with Crippen molar-refractivity contribution in [1.29, 1.82) is 0 Å². The lowest BCUT2D eigenvalue weighted by Crippen LogP contribution is -2.43. The van der Waals surface area contributed by atoms with Crippen molar-refractivity contribution in [2.45, 2.75) is 19.1 Å². The molecule has 1 N–H and O–H groups in total. The lowest BCUT2D eigenvalue weighted by Gasteiger charge is -2.19. The van der Waals surface area contributed by atoms with Gasteiger partial charge in [-0.1, -0.05) is 33.8 Å². The van der Waals surface area contributed by atoms with E-state index in [4.69, 9.17) is 0 Å². The number of carbonyl (C=O) groups is 2. The molecule has 1 saturated heterocycles. The number of rotatable bonds is 1. The van der Waals surface area contributed by atoms with Crippen LogP contribution in [0, 0.1) is 0 Å². The average molecular weight is 327 g/mol. The molecule has 2 aliphatic rings. The van der Waals surface area contributed by atoms with Crippen molar-refractivity contribution in [3.05, 3.63) is 33.8 Å². The minimum Gasteiger partial charge on any atom is -0.334 e. The molecule has 0 saturated carbocycles. The van der Waals surface area contributed by atoms with Gasteiger partial charge in [0.15, 0.2) is 0 Å². The summed E-state index contributed by atoms with van der Waals surface area (Å²) in [7, 11) is 0. The molecule has 2 heterocycles. The van der Waals surface area contributed by atoms with Crippen molar-refractivity contribution in [1.82, 2.24) is 10.2 Å². The Morgan fingerprint density at radius 2 is 2.17 bits per heavy atom. The van der Waals surface area contributed by atoms with Crippen LogP contribution in [-0.2, 0) is 17.9 Å². The number of hydrogen-bond acceptors (Lipinski definition) is 3. The Bertz CT molecular complexity index is 535. The molecular formula is C12H11BrN2O2S. The van der Waals surface area contributed by atoms with Gasteiger partial charge in [0.2, 0.25) is 5.91 Å². The van der Waals surface area contributed by atoms with E-state index in [0.29, 0.717) is 18.8 Å². The largest absolute Gasteiger partial charge is 0.334 e. The van der Waals surface area contributed by atoms with E-state index < -0.39 is 0 Å². The number of amides is 2. The molecule has 94 valence electrons. The number of nitrogens with one attached hydrogen (secondary N) is 1. The third-order valence-corrected chi connectivity index (χ3v) is 4.55. The number of thioether (sulfide) groups is 1. The first-order chi connectivity index (χ1) is 8.63. The van der Waals surface area contributed by atoms with Crippen molar-refractivity contribution in [3.63, 3.8) is 0 Å². The highest BCUT2D eigenvalue weighted by atomic mass is 79.9. The maximum Gasteiger partial charge on any atom is 0.279 e. The van der Waals surface area contributed by atoms with Crippen molar-refractivity contribution < 1.29 is 9.59 Å². The van der Waals surface area contributed by atoms with Gasteiger partial charge >= 0.3 is 0 Å². The van der Waals surface area contributed by atoms with E-state index in [-0.39, 0.29) is 17.2 Å². The minimum absolute atomic E-state index is 0.0145. The summed E-state index contributed by atoms with van der Waals surface area (Å²) in [6.45, 7) is 1.27. The van der Waals surface area contributed by atoms with Gasteiger partial charge in [0.1, 0.15) is 6.04 Å². The van der Waals surface area contributed by atoms with Crippen molar-refractivity contribution in [2.75, 3.05) is 5.75 Å². The third kappa shape index (κ3) is 2.14. The maximum atomic E-state index is 12.2. The minimum atomic E-state index is -0.361. The van der Waals surface area contributed by atoms with Gasteiger partial charge in [-0.2, -0.15) is 0 Å². The molecule has 0 spiro atoms. The fraction of sp³-hybridized carbons (Fsp3) is 0.333. The van der Waals surface area contributed by atoms with Crippen LogP contribution in [0.15, 0.2) is 22.7 Å². The van der Waals surface area contributed by atoms with Gasteiger partial charge in [-0.25, -0.2) is 0 Å². The zero-order valence-corrected chi connectivity index (χ0v) is 11.9. The summed E-state index contributed by atoms with van der Waals surface area (Å²) in [5.74, 6) is 0.550. The number of hydrogen-bond donors (Lipinski definition) is 1. The molecule has 1 fully saturated rings. The molecule has 1 aromatic carbocycles. The smallest absolute Gasteiger partial charge is 0.279 e. The Kier molecular flexibility index (Phi) is 3.07. The second kappa shape index (κ2) is 4.59. The maximum absolute atomic E-state index is 12.2. The van der Waals surface area contributed by atoms with Gasteiger partial charge in [-0.3, -0.25) is 9.59 Å². The van der Waals surface area contributed by atoms with Gasteiger partial charge in [0.25, 0.3) is 5.24 Å². The summed E-state index contributed by atoms with van der Waals surface area (Å²) in [5.41, 5.74) is 2.36. The molecule has 4 nitrogen and oxygen atoms in total. The van der Waals surface area contributed by atoms with Crippen LogP contribution < -0.4 is 5.32 Å². The topological polar surface area (TPSA) is 49.4 Å². The number of carbonyl (C=O) groups excluding carboxylic acids is 2. The second-order valence-electron chi connectivity index (χ2n) is 4.40. The fourth-order valence-electron chi connectivity index (χ4n) is 2.26. The zero-order chi connectivity index (χ0) is 12.7. The third-order valence-electron chi connectivity index (χ3n) is 3.17. The molecule has 3 rings (SSSR count). The van der Waals surface area contributed by atoms with Crippen molar-refractivity contribution in [3.8, 4) is 0 Å². The highest BCUT2D eigenvalue weighted by molar-refractivity contribution is 9.10. The Hall–Kier alpha value is -1.01. The average Bonchev–Trinajstić information content (AvgIpc) is 2.93. The van der Waals surface area contributed by atoms with Crippen molar-refractivity contribution >= 4 is 38.8 Å². The van der Waals surface area contributed by atoms with E-state index in [1.807, 2.05) is 18.2 Å². The second-order valence-corrected chi connectivity index (χ2v) is 6.31. The first-order valence-corrected chi connectivity index (χ1v) is 7.41. The van der Waals surface area contributed by atoms with E-state index in [0.717, 1.165) is 4.47 Å². The zero-order valence-electron chi connectivity index (χ0n) is 9.48. The summed E-state index contributed by atoms with van der Waals surface area (Å²) >= 11 is 4.61. The summed E-state index contributed by atoms with van der Waals surface area (Å²) in [5, 5.41) is 2.59. The molecule has 2 aliphatic heterocycles. The van der Waals surface area contributed by atoms with Crippen LogP contribution in [0.1, 0.15) is 11.1 Å². The van der Waals surface area contributed by atoms with Crippen LogP contribution in [0.4, 0.5) is 4.79 Å². The molecule has 1 atom stereocenters. The number of benzene rings is 1. The van der Waals surface area contributed by atoms with Crippen LogP contribution >= 0.6 is 27.7 Å². The van der Waals surface area contributed by atoms with E-state index in [1.54, 1.807) is 4.90 Å². The van der Waals surface area contributed by atoms with Gasteiger partial charge in [0.05, 0.1) is 0 Å². The molecule has 1 aromatic rings. The summed E-state index contributed by atoms with van der Waals surface area (Å²) in [6.07, 6.45) is 0.